The van der Waals surface area contributed by atoms with E-state index in [2.05, 4.69) is 6.08 Å². The average molecular weight is 317 g/mol. The summed E-state index contributed by atoms with van der Waals surface area (Å²) in [5, 5.41) is 22.9. The number of carbonyl (C=O) groups excluding carboxylic acids is 1. The van der Waals surface area contributed by atoms with Gasteiger partial charge < -0.3 is 24.4 Å². The Morgan fingerprint density at radius 3 is 2.96 bits per heavy atom. The Kier molecular flexibility index (Phi) is 2.98. The highest BCUT2D eigenvalue weighted by Gasteiger charge is 2.51. The Morgan fingerprint density at radius 2 is 2.22 bits per heavy atom. The van der Waals surface area contributed by atoms with Crippen molar-refractivity contribution in [3.8, 4) is 11.5 Å². The first-order valence-electron chi connectivity index (χ1n) is 7.79. The van der Waals surface area contributed by atoms with Gasteiger partial charge in [0, 0.05) is 12.8 Å². The van der Waals surface area contributed by atoms with Gasteiger partial charge in [-0.1, -0.05) is 6.08 Å². The lowest BCUT2D eigenvalue weighted by Crippen LogP contribution is -2.52. The predicted molar refractivity (Wildman–Crippen MR) is 82.1 cm³/mol. The molecule has 3 unspecified atom stereocenters. The summed E-state index contributed by atoms with van der Waals surface area (Å²) in [6, 6.07) is 2.83. The summed E-state index contributed by atoms with van der Waals surface area (Å²) in [5.74, 6) is -0.429. The first-order valence-corrected chi connectivity index (χ1v) is 7.79. The molecule has 4 atom stereocenters. The van der Waals surface area contributed by atoms with Gasteiger partial charge in [0.25, 0.3) is 0 Å². The summed E-state index contributed by atoms with van der Waals surface area (Å²) in [7, 11) is 3.15. The first kappa shape index (κ1) is 14.5. The second kappa shape index (κ2) is 4.72. The molecule has 1 saturated heterocycles. The molecule has 0 spiro atoms. The summed E-state index contributed by atoms with van der Waals surface area (Å²) in [4.78, 5) is 12.3. The van der Waals surface area contributed by atoms with Crippen LogP contribution in [0.25, 0.3) is 0 Å². The summed E-state index contributed by atoms with van der Waals surface area (Å²) in [6.45, 7) is 0.540. The van der Waals surface area contributed by atoms with Gasteiger partial charge in [0.05, 0.1) is 32.2 Å². The van der Waals surface area contributed by atoms with E-state index < -0.39 is 5.97 Å². The van der Waals surface area contributed by atoms with Crippen LogP contribution in [0.1, 0.15) is 34.7 Å². The van der Waals surface area contributed by atoms with E-state index in [0.29, 0.717) is 24.3 Å². The monoisotopic (exact) mass is 317 g/mol. The zero-order valence-electron chi connectivity index (χ0n) is 13.1. The van der Waals surface area contributed by atoms with E-state index in [4.69, 9.17) is 9.47 Å². The summed E-state index contributed by atoms with van der Waals surface area (Å²) in [6.07, 6.45) is 3.14. The number of ether oxygens (including phenoxy) is 2. The van der Waals surface area contributed by atoms with Crippen LogP contribution in [0.4, 0.5) is 0 Å². The minimum atomic E-state index is -0.450. The Balaban J connectivity index is 1.90. The molecule has 1 fully saturated rings. The van der Waals surface area contributed by atoms with Gasteiger partial charge in [0.15, 0.2) is 11.5 Å². The van der Waals surface area contributed by atoms with Crippen LogP contribution in [-0.2, 0) is 4.74 Å². The molecule has 1 aromatic rings. The van der Waals surface area contributed by atoms with Crippen molar-refractivity contribution in [2.24, 2.45) is 0 Å². The van der Waals surface area contributed by atoms with Crippen molar-refractivity contribution in [2.75, 3.05) is 20.7 Å². The van der Waals surface area contributed by atoms with Crippen molar-refractivity contribution in [1.29, 1.82) is 0 Å². The molecule has 2 heterocycles. The number of phenolic OH excluding ortho intramolecular Hbond substituents is 1. The number of methoxy groups -OCH3 is 1. The molecule has 1 aromatic carbocycles. The number of rotatable bonds is 1. The highest BCUT2D eigenvalue weighted by molar-refractivity contribution is 5.93. The number of carbonyl (C=O) groups is 1. The van der Waals surface area contributed by atoms with Crippen molar-refractivity contribution < 1.29 is 24.0 Å². The fourth-order valence-electron chi connectivity index (χ4n) is 4.29. The maximum atomic E-state index is 12.9. The van der Waals surface area contributed by atoms with Crippen LogP contribution < -0.4 is 4.74 Å². The van der Waals surface area contributed by atoms with Gasteiger partial charge in [-0.15, -0.1) is 0 Å². The molecule has 1 aliphatic carbocycles. The lowest BCUT2D eigenvalue weighted by Gasteiger charge is -2.48. The standard InChI is InChI=1S/C17H19NO5/c1-18(21)6-5-9-3-4-13-15(16(9)18)10-8-14(22-2)12(19)7-11(10)17(20)23-13/h3,7-8,13,15-16,19H,4-6H2,1-2H3/t13?,15?,16-,18?/m1/s1. The molecule has 6 nitrogen and oxygen atoms in total. The topological polar surface area (TPSA) is 78.8 Å². The van der Waals surface area contributed by atoms with E-state index in [1.165, 1.54) is 13.2 Å². The summed E-state index contributed by atoms with van der Waals surface area (Å²) in [5.41, 5.74) is 2.23. The SMILES string of the molecule is COc1cc2c(cc1O)C(=O)OC1CC=C3CC[N+](C)([O-])[C@H]3C21. The van der Waals surface area contributed by atoms with Crippen molar-refractivity contribution in [1.82, 2.24) is 0 Å². The number of hydroxylamine groups is 3. The third-order valence-corrected chi connectivity index (χ3v) is 5.35. The number of nitrogens with zero attached hydrogens (tertiary/aromatic N) is 1. The predicted octanol–water partition coefficient (Wildman–Crippen LogP) is 2.07. The molecular formula is C17H19NO5. The molecule has 23 heavy (non-hydrogen) atoms. The van der Waals surface area contributed by atoms with Gasteiger partial charge in [-0.25, -0.2) is 4.79 Å². The molecule has 6 heteroatoms. The van der Waals surface area contributed by atoms with Gasteiger partial charge in [-0.2, -0.15) is 0 Å². The van der Waals surface area contributed by atoms with Gasteiger partial charge in [0.2, 0.25) is 0 Å². The minimum Gasteiger partial charge on any atom is -0.633 e. The van der Waals surface area contributed by atoms with Crippen LogP contribution in [0.15, 0.2) is 23.8 Å². The van der Waals surface area contributed by atoms with Crippen LogP contribution >= 0.6 is 0 Å². The van der Waals surface area contributed by atoms with Crippen molar-refractivity contribution in [3.05, 3.63) is 40.1 Å². The fourth-order valence-corrected chi connectivity index (χ4v) is 4.29. The Hall–Kier alpha value is -2.05. The molecule has 0 amide bonds. The molecule has 0 bridgehead atoms. The molecule has 2 aliphatic heterocycles. The van der Waals surface area contributed by atoms with Crippen LogP contribution in [0, 0.1) is 5.21 Å². The first-order chi connectivity index (χ1) is 10.9. The number of quaternary nitrogens is 1. The van der Waals surface area contributed by atoms with E-state index >= 15 is 0 Å². The lowest BCUT2D eigenvalue weighted by atomic mass is 9.74. The van der Waals surface area contributed by atoms with Gasteiger partial charge in [0.1, 0.15) is 12.1 Å². The zero-order valence-corrected chi connectivity index (χ0v) is 13.1. The number of hydrogen-bond acceptors (Lipinski definition) is 5. The van der Waals surface area contributed by atoms with Crippen molar-refractivity contribution >= 4 is 5.97 Å². The van der Waals surface area contributed by atoms with E-state index in [0.717, 1.165) is 17.6 Å². The third-order valence-electron chi connectivity index (χ3n) is 5.35. The highest BCUT2D eigenvalue weighted by Crippen LogP contribution is 2.49. The summed E-state index contributed by atoms with van der Waals surface area (Å²) >= 11 is 0. The number of phenols is 1. The molecule has 122 valence electrons. The number of hydrogen-bond donors (Lipinski definition) is 1. The van der Waals surface area contributed by atoms with Crippen LogP contribution in [0.5, 0.6) is 11.5 Å². The number of likely N-dealkylation sites (tertiary alicyclic amines) is 1. The van der Waals surface area contributed by atoms with E-state index in [1.54, 1.807) is 13.1 Å². The van der Waals surface area contributed by atoms with Gasteiger partial charge >= 0.3 is 5.97 Å². The van der Waals surface area contributed by atoms with Crippen molar-refractivity contribution in [2.45, 2.75) is 30.9 Å². The second-order valence-corrected chi connectivity index (χ2v) is 6.69. The average Bonchev–Trinajstić information content (AvgIpc) is 2.82. The molecular weight excluding hydrogens is 298 g/mol. The number of fused-ring (bicyclic) bond motifs is 5. The van der Waals surface area contributed by atoms with Gasteiger partial charge in [-0.3, -0.25) is 0 Å². The van der Waals surface area contributed by atoms with E-state index in [9.17, 15) is 15.1 Å². The molecule has 0 radical (unpaired) electrons. The summed E-state index contributed by atoms with van der Waals surface area (Å²) < 4.78 is 10.4. The Labute approximate surface area is 134 Å². The molecule has 1 N–H and O–H groups in total. The number of benzene rings is 1. The number of esters is 1. The second-order valence-electron chi connectivity index (χ2n) is 6.69. The van der Waals surface area contributed by atoms with E-state index in [1.807, 2.05) is 0 Å². The minimum absolute atomic E-state index is 0.0981. The lowest BCUT2D eigenvalue weighted by molar-refractivity contribution is -0.872. The maximum absolute atomic E-state index is 12.9. The molecule has 4 rings (SSSR count). The zero-order chi connectivity index (χ0) is 16.4. The van der Waals surface area contributed by atoms with Crippen LogP contribution in [0.2, 0.25) is 0 Å². The normalized spacial score (nSPS) is 34.8. The van der Waals surface area contributed by atoms with Crippen molar-refractivity contribution in [3.63, 3.8) is 0 Å². The third kappa shape index (κ3) is 1.98. The fraction of sp³-hybridized carbons (Fsp3) is 0.471. The smallest absolute Gasteiger partial charge is 0.338 e. The maximum Gasteiger partial charge on any atom is 0.338 e. The van der Waals surface area contributed by atoms with Crippen LogP contribution in [0.3, 0.4) is 0 Å². The Bertz CT molecular complexity index is 724. The van der Waals surface area contributed by atoms with E-state index in [-0.39, 0.29) is 28.5 Å². The molecule has 0 saturated carbocycles. The largest absolute Gasteiger partial charge is 0.633 e. The van der Waals surface area contributed by atoms with Crippen LogP contribution in [-0.4, -0.2) is 48.6 Å². The van der Waals surface area contributed by atoms with Gasteiger partial charge in [-0.05, 0) is 23.3 Å². The number of aromatic hydroxyl groups is 1. The quantitative estimate of drug-likeness (QED) is 0.371. The number of likely N-dealkylation sites (N-methyl/N-ethyl adjacent to an activating group) is 1. The molecule has 0 aromatic heterocycles. The molecule has 3 aliphatic rings. The highest BCUT2D eigenvalue weighted by atomic mass is 16.6. The Morgan fingerprint density at radius 1 is 1.43 bits per heavy atom.